The van der Waals surface area contributed by atoms with E-state index >= 15 is 0 Å². The maximum Gasteiger partial charge on any atom is 0.0718 e. The molecule has 19 heavy (non-hydrogen) atoms. The van der Waals surface area contributed by atoms with Gasteiger partial charge >= 0.3 is 0 Å². The second-order valence-electron chi connectivity index (χ2n) is 5.02. The van der Waals surface area contributed by atoms with Crippen LogP contribution in [-0.2, 0) is 6.42 Å². The first-order valence-corrected chi connectivity index (χ1v) is 6.59. The molecule has 0 fully saturated rings. The van der Waals surface area contributed by atoms with Crippen LogP contribution < -0.4 is 5.11 Å². The third-order valence-electron chi connectivity index (χ3n) is 3.00. The van der Waals surface area contributed by atoms with Crippen LogP contribution in [-0.4, -0.2) is 5.97 Å². The van der Waals surface area contributed by atoms with E-state index in [9.17, 15) is 9.90 Å². The fraction of sp³-hybridized carbons (Fsp3) is 0.353. The smallest absolute Gasteiger partial charge is 0.0718 e. The fourth-order valence-corrected chi connectivity index (χ4v) is 1.87. The van der Waals surface area contributed by atoms with Crippen LogP contribution in [0.15, 0.2) is 47.6 Å². The summed E-state index contributed by atoms with van der Waals surface area (Å²) in [6.45, 7) is 6.27. The second kappa shape index (κ2) is 7.57. The number of carbonyl (C=O) groups is 1. The van der Waals surface area contributed by atoms with Crippen LogP contribution in [0.1, 0.15) is 49.5 Å². The normalized spacial score (nSPS) is 11.2. The van der Waals surface area contributed by atoms with Gasteiger partial charge in [-0.25, -0.2) is 0 Å². The molecule has 0 N–H and O–H groups in total. The van der Waals surface area contributed by atoms with Gasteiger partial charge in [0, 0.05) is 5.56 Å². The maximum atomic E-state index is 11.0. The highest BCUT2D eigenvalue weighted by molar-refractivity contribution is 5.87. The van der Waals surface area contributed by atoms with Crippen LogP contribution in [0.5, 0.6) is 0 Å². The highest BCUT2D eigenvalue weighted by Gasteiger charge is 2.00. The van der Waals surface area contributed by atoms with E-state index in [-0.39, 0.29) is 5.56 Å². The first kappa shape index (κ1) is 15.2. The average molecular weight is 257 g/mol. The van der Waals surface area contributed by atoms with Crippen molar-refractivity contribution >= 4 is 5.97 Å². The first-order valence-electron chi connectivity index (χ1n) is 6.59. The standard InChI is InChI=1S/C17H22O2/c1-13(2)7-6-8-14(3)11-12-15-9-4-5-10-16(15)17(18)19/h4-5,7,9-11H,6,8,12H2,1-3H3,(H,18,19)/p-1/b14-11+. The summed E-state index contributed by atoms with van der Waals surface area (Å²) in [4.78, 5) is 11.0. The molecule has 0 aromatic heterocycles. The summed E-state index contributed by atoms with van der Waals surface area (Å²) in [5.74, 6) is -1.11. The van der Waals surface area contributed by atoms with Gasteiger partial charge in [0.25, 0.3) is 0 Å². The number of aromatic carboxylic acids is 1. The van der Waals surface area contributed by atoms with Crippen molar-refractivity contribution in [3.05, 3.63) is 58.7 Å². The molecule has 1 rings (SSSR count). The molecule has 0 radical (unpaired) electrons. The molecule has 102 valence electrons. The summed E-state index contributed by atoms with van der Waals surface area (Å²) >= 11 is 0. The van der Waals surface area contributed by atoms with Crippen LogP contribution in [0.3, 0.4) is 0 Å². The number of hydrogen-bond donors (Lipinski definition) is 0. The van der Waals surface area contributed by atoms with E-state index in [0.717, 1.165) is 18.4 Å². The summed E-state index contributed by atoms with van der Waals surface area (Å²) in [7, 11) is 0. The summed E-state index contributed by atoms with van der Waals surface area (Å²) < 4.78 is 0. The predicted octanol–water partition coefficient (Wildman–Crippen LogP) is 3.29. The summed E-state index contributed by atoms with van der Waals surface area (Å²) in [5.41, 5.74) is 3.71. The molecule has 0 aliphatic carbocycles. The molecule has 0 saturated heterocycles. The number of hydrogen-bond acceptors (Lipinski definition) is 2. The monoisotopic (exact) mass is 257 g/mol. The molecule has 0 bridgehead atoms. The Morgan fingerprint density at radius 3 is 2.47 bits per heavy atom. The van der Waals surface area contributed by atoms with Crippen molar-refractivity contribution in [2.45, 2.75) is 40.0 Å². The molecule has 0 heterocycles. The van der Waals surface area contributed by atoms with Crippen molar-refractivity contribution in [1.29, 1.82) is 0 Å². The average Bonchev–Trinajstić information content (AvgIpc) is 2.36. The van der Waals surface area contributed by atoms with Crippen molar-refractivity contribution in [1.82, 2.24) is 0 Å². The molecule has 2 heteroatoms. The van der Waals surface area contributed by atoms with E-state index in [1.807, 2.05) is 12.1 Å². The molecule has 0 amide bonds. The lowest BCUT2D eigenvalue weighted by Gasteiger charge is -2.08. The van der Waals surface area contributed by atoms with Gasteiger partial charge in [0.15, 0.2) is 0 Å². The summed E-state index contributed by atoms with van der Waals surface area (Å²) in [5, 5.41) is 11.0. The lowest BCUT2D eigenvalue weighted by Crippen LogP contribution is -2.23. The van der Waals surface area contributed by atoms with Crippen molar-refractivity contribution in [3.8, 4) is 0 Å². The zero-order valence-electron chi connectivity index (χ0n) is 11.9. The van der Waals surface area contributed by atoms with Crippen LogP contribution in [0, 0.1) is 0 Å². The van der Waals surface area contributed by atoms with Gasteiger partial charge < -0.3 is 9.90 Å². The van der Waals surface area contributed by atoms with E-state index in [1.54, 1.807) is 12.1 Å². The zero-order valence-corrected chi connectivity index (χ0v) is 11.9. The van der Waals surface area contributed by atoms with Gasteiger partial charge in [-0.1, -0.05) is 47.6 Å². The molecule has 0 aliphatic rings. The molecule has 1 aromatic rings. The summed E-state index contributed by atoms with van der Waals surface area (Å²) in [6.07, 6.45) is 7.00. The number of rotatable bonds is 6. The SMILES string of the molecule is CC(C)=CCC/C(C)=C/Cc1ccccc1C(=O)[O-]. The van der Waals surface area contributed by atoms with Gasteiger partial charge in [0.1, 0.15) is 0 Å². The Hall–Kier alpha value is -1.83. The molecule has 2 nitrogen and oxygen atoms in total. The predicted molar refractivity (Wildman–Crippen MR) is 76.9 cm³/mol. The van der Waals surface area contributed by atoms with E-state index in [0.29, 0.717) is 6.42 Å². The Morgan fingerprint density at radius 1 is 1.16 bits per heavy atom. The van der Waals surface area contributed by atoms with Crippen LogP contribution in [0.4, 0.5) is 0 Å². The zero-order chi connectivity index (χ0) is 14.3. The molecule has 0 saturated carbocycles. The quantitative estimate of drug-likeness (QED) is 0.734. The maximum absolute atomic E-state index is 11.0. The van der Waals surface area contributed by atoms with E-state index in [2.05, 4.69) is 32.9 Å². The van der Waals surface area contributed by atoms with Gasteiger partial charge in [-0.3, -0.25) is 0 Å². The summed E-state index contributed by atoms with van der Waals surface area (Å²) in [6, 6.07) is 7.01. The minimum absolute atomic E-state index is 0.288. The highest BCUT2D eigenvalue weighted by Crippen LogP contribution is 2.12. The molecular weight excluding hydrogens is 236 g/mol. The van der Waals surface area contributed by atoms with Crippen LogP contribution >= 0.6 is 0 Å². The largest absolute Gasteiger partial charge is 0.545 e. The lowest BCUT2D eigenvalue weighted by molar-refractivity contribution is -0.255. The first-order chi connectivity index (χ1) is 9.00. The molecule has 0 unspecified atom stereocenters. The number of allylic oxidation sites excluding steroid dienone is 4. The molecule has 0 aliphatic heterocycles. The van der Waals surface area contributed by atoms with Crippen molar-refractivity contribution in [3.63, 3.8) is 0 Å². The number of benzene rings is 1. The van der Waals surface area contributed by atoms with Crippen LogP contribution in [0.2, 0.25) is 0 Å². The lowest BCUT2D eigenvalue weighted by atomic mass is 10.0. The van der Waals surface area contributed by atoms with Gasteiger partial charge in [-0.15, -0.1) is 0 Å². The third-order valence-corrected chi connectivity index (χ3v) is 3.00. The minimum Gasteiger partial charge on any atom is -0.545 e. The van der Waals surface area contributed by atoms with Crippen LogP contribution in [0.25, 0.3) is 0 Å². The van der Waals surface area contributed by atoms with E-state index in [4.69, 9.17) is 0 Å². The van der Waals surface area contributed by atoms with Crippen molar-refractivity contribution in [2.24, 2.45) is 0 Å². The molecular formula is C17H21O2-. The third kappa shape index (κ3) is 5.56. The molecule has 0 spiro atoms. The fourth-order valence-electron chi connectivity index (χ4n) is 1.87. The Labute approximate surface area is 115 Å². The Balaban J connectivity index is 2.65. The van der Waals surface area contributed by atoms with E-state index in [1.165, 1.54) is 11.1 Å². The van der Waals surface area contributed by atoms with E-state index < -0.39 is 5.97 Å². The van der Waals surface area contributed by atoms with Gasteiger partial charge in [0.2, 0.25) is 0 Å². The topological polar surface area (TPSA) is 40.1 Å². The molecule has 0 atom stereocenters. The second-order valence-corrected chi connectivity index (χ2v) is 5.02. The van der Waals surface area contributed by atoms with Gasteiger partial charge in [-0.05, 0) is 45.6 Å². The Kier molecular flexibility index (Phi) is 6.07. The van der Waals surface area contributed by atoms with Crippen molar-refractivity contribution < 1.29 is 9.90 Å². The number of carboxylic acids is 1. The minimum atomic E-state index is -1.11. The Bertz CT molecular complexity index is 492. The van der Waals surface area contributed by atoms with Gasteiger partial charge in [0.05, 0.1) is 5.97 Å². The number of carbonyl (C=O) groups excluding carboxylic acids is 1. The van der Waals surface area contributed by atoms with Gasteiger partial charge in [-0.2, -0.15) is 0 Å². The number of carboxylic acid groups (broad SMARTS) is 1. The molecule has 1 aromatic carbocycles. The Morgan fingerprint density at radius 2 is 1.84 bits per heavy atom. The highest BCUT2D eigenvalue weighted by atomic mass is 16.4. The van der Waals surface area contributed by atoms with Crippen molar-refractivity contribution in [2.75, 3.05) is 0 Å².